The molecule has 0 radical (unpaired) electrons. The van der Waals surface area contributed by atoms with Crippen LogP contribution in [0.2, 0.25) is 0 Å². The summed E-state index contributed by atoms with van der Waals surface area (Å²) in [5.41, 5.74) is 9.72. The molecule has 0 unspecified atom stereocenters. The fourth-order valence-electron chi connectivity index (χ4n) is 5.82. The third-order valence-corrected chi connectivity index (χ3v) is 10.6. The molecule has 0 saturated heterocycles. The molecule has 0 aliphatic heterocycles. The normalized spacial score (nSPS) is 11.6. The number of thiazole rings is 3. The van der Waals surface area contributed by atoms with Crippen molar-refractivity contribution in [3.05, 3.63) is 126 Å². The monoisotopic (exact) mass is 619 g/mol. The van der Waals surface area contributed by atoms with E-state index in [0.29, 0.717) is 0 Å². The van der Waals surface area contributed by atoms with E-state index in [1.54, 1.807) is 34.0 Å². The van der Waals surface area contributed by atoms with Crippen LogP contribution in [0.5, 0.6) is 0 Å². The topological polar surface area (TPSA) is 56.5 Å². The van der Waals surface area contributed by atoms with Crippen LogP contribution >= 0.6 is 34.0 Å². The minimum Gasteiger partial charge on any atom is -0.309 e. The smallest absolute Gasteiger partial charge is 0.124 e. The second-order valence-corrected chi connectivity index (χ2v) is 13.3. The Labute approximate surface area is 264 Å². The van der Waals surface area contributed by atoms with Crippen molar-refractivity contribution < 1.29 is 0 Å². The highest BCUT2D eigenvalue weighted by Gasteiger charge is 2.17. The second kappa shape index (κ2) is 10.3. The van der Waals surface area contributed by atoms with Gasteiger partial charge in [-0.3, -0.25) is 4.98 Å². The molecule has 0 saturated carbocycles. The molecule has 0 atom stereocenters. The lowest BCUT2D eigenvalue weighted by Gasteiger charge is -2.10. The minimum absolute atomic E-state index is 0.952. The van der Waals surface area contributed by atoms with Gasteiger partial charge in [-0.15, -0.1) is 34.0 Å². The Hall–Kier alpha value is -5.02. The Bertz CT molecular complexity index is 2440. The summed E-state index contributed by atoms with van der Waals surface area (Å²) in [6.07, 6.45) is 5.55. The van der Waals surface area contributed by atoms with Crippen molar-refractivity contribution in [2.75, 3.05) is 0 Å². The van der Waals surface area contributed by atoms with Crippen molar-refractivity contribution in [2.24, 2.45) is 0 Å². The van der Waals surface area contributed by atoms with Gasteiger partial charge in [-0.2, -0.15) is 0 Å². The number of aromatic nitrogens is 5. The van der Waals surface area contributed by atoms with Crippen molar-refractivity contribution in [3.8, 4) is 48.7 Å². The van der Waals surface area contributed by atoms with Crippen molar-refractivity contribution in [1.82, 2.24) is 24.5 Å². The van der Waals surface area contributed by atoms with Gasteiger partial charge in [-0.25, -0.2) is 15.0 Å². The summed E-state index contributed by atoms with van der Waals surface area (Å²) in [7, 11) is 0. The molecule has 5 heterocycles. The number of hydrogen-bond donors (Lipinski definition) is 0. The molecule has 0 amide bonds. The quantitative estimate of drug-likeness (QED) is 0.192. The standard InChI is InChI=1S/C36H21N5S3/c1-2-13-37-29(6-1)22-4-3-5-26(18-22)41-31-11-8-23(34-38-14-16-42-34)19-28(31)27-10-7-25(21-32(27)41)36-40-30-20-24(9-12-33(30)44-36)35-39-15-17-43-35/h1-21H. The molecule has 9 rings (SSSR count). The summed E-state index contributed by atoms with van der Waals surface area (Å²) < 4.78 is 3.53. The molecule has 0 spiro atoms. The average Bonchev–Trinajstić information content (AvgIpc) is 3.90. The third kappa shape index (κ3) is 4.26. The van der Waals surface area contributed by atoms with Gasteiger partial charge in [0.1, 0.15) is 15.0 Å². The van der Waals surface area contributed by atoms with Gasteiger partial charge in [0.2, 0.25) is 0 Å². The fourth-order valence-corrected chi connectivity index (χ4v) is 8.03. The first kappa shape index (κ1) is 25.5. The van der Waals surface area contributed by atoms with Crippen molar-refractivity contribution in [1.29, 1.82) is 0 Å². The molecule has 9 aromatic rings. The number of hydrogen-bond acceptors (Lipinski definition) is 7. The van der Waals surface area contributed by atoms with Gasteiger partial charge < -0.3 is 4.57 Å². The molecule has 5 nitrogen and oxygen atoms in total. The molecule has 0 bridgehead atoms. The van der Waals surface area contributed by atoms with E-state index in [1.807, 2.05) is 41.5 Å². The minimum atomic E-state index is 0.952. The van der Waals surface area contributed by atoms with Gasteiger partial charge >= 0.3 is 0 Å². The summed E-state index contributed by atoms with van der Waals surface area (Å²) >= 11 is 5.03. The summed E-state index contributed by atoms with van der Waals surface area (Å²) in [6.45, 7) is 0. The average molecular weight is 620 g/mol. The van der Waals surface area contributed by atoms with E-state index in [4.69, 9.17) is 4.98 Å². The number of nitrogens with zero attached hydrogens (tertiary/aromatic N) is 5. The lowest BCUT2D eigenvalue weighted by atomic mass is 10.1. The number of benzene rings is 4. The summed E-state index contributed by atoms with van der Waals surface area (Å²) in [5, 5.41) is 9.45. The predicted octanol–water partition coefficient (Wildman–Crippen LogP) is 10.4. The van der Waals surface area contributed by atoms with Gasteiger partial charge in [0.05, 0.1) is 26.9 Å². The van der Waals surface area contributed by atoms with Gasteiger partial charge in [-0.05, 0) is 60.7 Å². The van der Waals surface area contributed by atoms with E-state index in [1.165, 1.54) is 10.8 Å². The van der Waals surface area contributed by atoms with Gasteiger partial charge in [0.25, 0.3) is 0 Å². The van der Waals surface area contributed by atoms with E-state index < -0.39 is 0 Å². The first-order chi connectivity index (χ1) is 21.8. The SMILES string of the molecule is c1ccc(-c2cccc(-n3c4ccc(-c5nccs5)cc4c4ccc(-c5nc6cc(-c7nccs7)ccc6s5)cc43)c2)nc1. The van der Waals surface area contributed by atoms with Crippen LogP contribution < -0.4 is 0 Å². The Kier molecular flexibility index (Phi) is 5.97. The van der Waals surface area contributed by atoms with E-state index in [9.17, 15) is 0 Å². The maximum absolute atomic E-state index is 5.09. The highest BCUT2D eigenvalue weighted by molar-refractivity contribution is 7.21. The number of rotatable bonds is 5. The molecule has 44 heavy (non-hydrogen) atoms. The van der Waals surface area contributed by atoms with Crippen LogP contribution in [0.1, 0.15) is 0 Å². The fraction of sp³-hybridized carbons (Fsp3) is 0. The zero-order valence-corrected chi connectivity index (χ0v) is 25.5. The summed E-state index contributed by atoms with van der Waals surface area (Å²) in [5.74, 6) is 0. The van der Waals surface area contributed by atoms with Crippen LogP contribution in [0.15, 0.2) is 126 Å². The summed E-state index contributed by atoms with van der Waals surface area (Å²) in [6, 6.07) is 34.5. The van der Waals surface area contributed by atoms with Crippen LogP contribution in [-0.4, -0.2) is 24.5 Å². The molecular formula is C36H21N5S3. The maximum atomic E-state index is 5.09. The van der Waals surface area contributed by atoms with Crippen LogP contribution in [0.3, 0.4) is 0 Å². The molecular weight excluding hydrogens is 599 g/mol. The van der Waals surface area contributed by atoms with E-state index in [2.05, 4.69) is 104 Å². The Morgan fingerprint density at radius 1 is 0.523 bits per heavy atom. The molecule has 0 aliphatic rings. The first-order valence-electron chi connectivity index (χ1n) is 14.1. The molecule has 8 heteroatoms. The van der Waals surface area contributed by atoms with Gasteiger partial charge in [0, 0.05) is 68.1 Å². The lowest BCUT2D eigenvalue weighted by Crippen LogP contribution is -1.95. The third-order valence-electron chi connectivity index (χ3n) is 7.82. The van der Waals surface area contributed by atoms with E-state index in [-0.39, 0.29) is 0 Å². The first-order valence-corrected chi connectivity index (χ1v) is 16.7. The van der Waals surface area contributed by atoms with Crippen molar-refractivity contribution in [2.45, 2.75) is 0 Å². The van der Waals surface area contributed by atoms with Crippen molar-refractivity contribution in [3.63, 3.8) is 0 Å². The van der Waals surface area contributed by atoms with E-state index in [0.717, 1.165) is 69.9 Å². The zero-order chi connectivity index (χ0) is 29.0. The lowest BCUT2D eigenvalue weighted by molar-refractivity contribution is 1.18. The maximum Gasteiger partial charge on any atom is 0.124 e. The van der Waals surface area contributed by atoms with Crippen LogP contribution in [0.4, 0.5) is 0 Å². The van der Waals surface area contributed by atoms with Crippen LogP contribution in [-0.2, 0) is 0 Å². The van der Waals surface area contributed by atoms with Crippen LogP contribution in [0.25, 0.3) is 80.7 Å². The Morgan fingerprint density at radius 2 is 1.32 bits per heavy atom. The molecule has 208 valence electrons. The molecule has 4 aromatic carbocycles. The molecule has 0 aliphatic carbocycles. The predicted molar refractivity (Wildman–Crippen MR) is 185 cm³/mol. The van der Waals surface area contributed by atoms with Crippen LogP contribution in [0, 0.1) is 0 Å². The summed E-state index contributed by atoms with van der Waals surface area (Å²) in [4.78, 5) is 18.8. The Morgan fingerprint density at radius 3 is 2.11 bits per heavy atom. The zero-order valence-electron chi connectivity index (χ0n) is 23.1. The number of fused-ring (bicyclic) bond motifs is 4. The number of pyridine rings is 1. The highest BCUT2D eigenvalue weighted by Crippen LogP contribution is 2.39. The largest absolute Gasteiger partial charge is 0.309 e. The Balaban J connectivity index is 1.25. The van der Waals surface area contributed by atoms with Gasteiger partial charge in [-0.1, -0.05) is 36.4 Å². The highest BCUT2D eigenvalue weighted by atomic mass is 32.1. The van der Waals surface area contributed by atoms with Gasteiger partial charge in [0.15, 0.2) is 0 Å². The van der Waals surface area contributed by atoms with E-state index >= 15 is 0 Å². The molecule has 0 N–H and O–H groups in total. The second-order valence-electron chi connectivity index (χ2n) is 10.4. The van der Waals surface area contributed by atoms with Crippen molar-refractivity contribution >= 4 is 66.0 Å². The molecule has 0 fully saturated rings. The molecule has 5 aromatic heterocycles.